The van der Waals surface area contributed by atoms with Crippen LogP contribution in [-0.4, -0.2) is 50.2 Å². The lowest BCUT2D eigenvalue weighted by Crippen LogP contribution is -2.38. The number of rotatable bonds is 8. The Morgan fingerprint density at radius 2 is 1.96 bits per heavy atom. The number of carbonyl (C=O) groups is 1. The van der Waals surface area contributed by atoms with E-state index in [1.807, 2.05) is 0 Å². The van der Waals surface area contributed by atoms with Gasteiger partial charge in [-0.15, -0.1) is 0 Å². The van der Waals surface area contributed by atoms with E-state index in [2.05, 4.69) is 41.4 Å². The van der Waals surface area contributed by atoms with Crippen LogP contribution in [0.5, 0.6) is 0 Å². The van der Waals surface area contributed by atoms with Gasteiger partial charge in [-0.2, -0.15) is 0 Å². The molecule has 1 fully saturated rings. The number of nitrogens with zero attached hydrogens (tertiary/aromatic N) is 1. The number of aryl methyl sites for hydroxylation is 1. The van der Waals surface area contributed by atoms with Crippen LogP contribution in [0.2, 0.25) is 0 Å². The molecular weight excluding hydrogens is 290 g/mol. The third kappa shape index (κ3) is 5.30. The van der Waals surface area contributed by atoms with Crippen molar-refractivity contribution in [3.05, 3.63) is 35.4 Å². The summed E-state index contributed by atoms with van der Waals surface area (Å²) in [4.78, 5) is 14.6. The number of methoxy groups -OCH3 is 1. The summed E-state index contributed by atoms with van der Waals surface area (Å²) in [5.41, 5.74) is 8.10. The first-order chi connectivity index (χ1) is 11.1. The van der Waals surface area contributed by atoms with Gasteiger partial charge in [0.25, 0.3) is 0 Å². The summed E-state index contributed by atoms with van der Waals surface area (Å²) in [6.45, 7) is 5.27. The number of benzene rings is 1. The van der Waals surface area contributed by atoms with Crippen molar-refractivity contribution in [3.8, 4) is 0 Å². The monoisotopic (exact) mass is 319 g/mol. The molecule has 0 saturated carbocycles. The molecule has 5 nitrogen and oxygen atoms in total. The largest absolute Gasteiger partial charge is 0.380 e. The van der Waals surface area contributed by atoms with Crippen LogP contribution in [0, 0.1) is 6.92 Å². The molecular formula is C18H29N3O2. The van der Waals surface area contributed by atoms with Gasteiger partial charge in [-0.3, -0.25) is 9.69 Å². The second-order valence-electron chi connectivity index (χ2n) is 6.27. The molecule has 1 heterocycles. The SMILES string of the molecule is COC(CN)CC(=O)NCC(c1ccc(C)cc1)N1CCCC1. The van der Waals surface area contributed by atoms with Gasteiger partial charge in [0.2, 0.25) is 5.91 Å². The Balaban J connectivity index is 1.97. The van der Waals surface area contributed by atoms with Gasteiger partial charge in [0.05, 0.1) is 18.6 Å². The lowest BCUT2D eigenvalue weighted by molar-refractivity contribution is -0.123. The number of nitrogens with two attached hydrogens (primary N) is 1. The van der Waals surface area contributed by atoms with E-state index in [9.17, 15) is 4.79 Å². The summed E-state index contributed by atoms with van der Waals surface area (Å²) >= 11 is 0. The van der Waals surface area contributed by atoms with Crippen molar-refractivity contribution in [2.75, 3.05) is 33.3 Å². The summed E-state index contributed by atoms with van der Waals surface area (Å²) in [6, 6.07) is 8.84. The molecule has 23 heavy (non-hydrogen) atoms. The van der Waals surface area contributed by atoms with E-state index in [4.69, 9.17) is 10.5 Å². The van der Waals surface area contributed by atoms with Crippen molar-refractivity contribution in [2.45, 2.75) is 38.3 Å². The molecule has 5 heteroatoms. The summed E-state index contributed by atoms with van der Waals surface area (Å²) in [5, 5.41) is 3.06. The molecule has 2 rings (SSSR count). The first-order valence-electron chi connectivity index (χ1n) is 8.44. The number of hydrogen-bond acceptors (Lipinski definition) is 4. The molecule has 1 aromatic rings. The average molecular weight is 319 g/mol. The minimum absolute atomic E-state index is 0.00129. The van der Waals surface area contributed by atoms with Crippen molar-refractivity contribution in [3.63, 3.8) is 0 Å². The zero-order valence-electron chi connectivity index (χ0n) is 14.3. The van der Waals surface area contributed by atoms with Crippen molar-refractivity contribution in [2.24, 2.45) is 5.73 Å². The fourth-order valence-electron chi connectivity index (χ4n) is 3.05. The van der Waals surface area contributed by atoms with E-state index in [0.29, 0.717) is 19.5 Å². The second-order valence-corrected chi connectivity index (χ2v) is 6.27. The average Bonchev–Trinajstić information content (AvgIpc) is 3.08. The molecule has 2 unspecified atom stereocenters. The third-order valence-corrected chi connectivity index (χ3v) is 4.55. The molecule has 0 spiro atoms. The standard InChI is InChI=1S/C18H29N3O2/c1-14-5-7-15(8-6-14)17(21-9-3-4-10-21)13-20-18(22)11-16(12-19)23-2/h5-8,16-17H,3-4,9-13,19H2,1-2H3,(H,20,22). The molecule has 0 bridgehead atoms. The zero-order valence-corrected chi connectivity index (χ0v) is 14.3. The van der Waals surface area contributed by atoms with Crippen LogP contribution < -0.4 is 11.1 Å². The van der Waals surface area contributed by atoms with Gasteiger partial charge in [-0.05, 0) is 38.4 Å². The molecule has 1 aliphatic rings. The van der Waals surface area contributed by atoms with Crippen molar-refractivity contribution in [1.29, 1.82) is 0 Å². The third-order valence-electron chi connectivity index (χ3n) is 4.55. The number of nitrogens with one attached hydrogen (secondary N) is 1. The van der Waals surface area contributed by atoms with Gasteiger partial charge in [-0.1, -0.05) is 29.8 Å². The lowest BCUT2D eigenvalue weighted by Gasteiger charge is -2.28. The van der Waals surface area contributed by atoms with Crippen LogP contribution in [0.1, 0.15) is 36.4 Å². The Labute approximate surface area is 139 Å². The highest BCUT2D eigenvalue weighted by atomic mass is 16.5. The van der Waals surface area contributed by atoms with E-state index in [1.54, 1.807) is 7.11 Å². The fraction of sp³-hybridized carbons (Fsp3) is 0.611. The molecule has 0 aromatic heterocycles. The molecule has 3 N–H and O–H groups in total. The van der Waals surface area contributed by atoms with E-state index >= 15 is 0 Å². The number of ether oxygens (including phenoxy) is 1. The minimum atomic E-state index is -0.209. The maximum Gasteiger partial charge on any atom is 0.222 e. The molecule has 1 aromatic carbocycles. The highest BCUT2D eigenvalue weighted by Gasteiger charge is 2.24. The van der Waals surface area contributed by atoms with Crippen LogP contribution >= 0.6 is 0 Å². The Morgan fingerprint density at radius 3 is 2.52 bits per heavy atom. The van der Waals surface area contributed by atoms with E-state index < -0.39 is 0 Å². The summed E-state index contributed by atoms with van der Waals surface area (Å²) in [7, 11) is 1.59. The topological polar surface area (TPSA) is 67.6 Å². The second kappa shape index (κ2) is 9.01. The van der Waals surface area contributed by atoms with Crippen LogP contribution in [0.25, 0.3) is 0 Å². The smallest absolute Gasteiger partial charge is 0.222 e. The molecule has 0 aliphatic carbocycles. The van der Waals surface area contributed by atoms with Gasteiger partial charge < -0.3 is 15.8 Å². The molecule has 1 amide bonds. The zero-order chi connectivity index (χ0) is 16.7. The molecule has 0 radical (unpaired) electrons. The van der Waals surface area contributed by atoms with Crippen LogP contribution in [0.3, 0.4) is 0 Å². The van der Waals surface area contributed by atoms with Crippen LogP contribution in [0.4, 0.5) is 0 Å². The predicted octanol–water partition coefficient (Wildman–Crippen LogP) is 1.61. The molecule has 128 valence electrons. The number of carbonyl (C=O) groups excluding carboxylic acids is 1. The number of hydrogen-bond donors (Lipinski definition) is 2. The van der Waals surface area contributed by atoms with Gasteiger partial charge in [0, 0.05) is 20.2 Å². The van der Waals surface area contributed by atoms with E-state index in [-0.39, 0.29) is 18.1 Å². The molecule has 1 saturated heterocycles. The summed E-state index contributed by atoms with van der Waals surface area (Å²) < 4.78 is 5.18. The fourth-order valence-corrected chi connectivity index (χ4v) is 3.05. The van der Waals surface area contributed by atoms with Gasteiger partial charge in [-0.25, -0.2) is 0 Å². The first-order valence-corrected chi connectivity index (χ1v) is 8.44. The van der Waals surface area contributed by atoms with Gasteiger partial charge in [0.15, 0.2) is 0 Å². The number of amides is 1. The Hall–Kier alpha value is -1.43. The molecule has 1 aliphatic heterocycles. The van der Waals surface area contributed by atoms with E-state index in [1.165, 1.54) is 24.0 Å². The van der Waals surface area contributed by atoms with E-state index in [0.717, 1.165) is 13.1 Å². The first kappa shape index (κ1) is 17.9. The van der Waals surface area contributed by atoms with Gasteiger partial charge in [0.1, 0.15) is 0 Å². The highest BCUT2D eigenvalue weighted by Crippen LogP contribution is 2.24. The van der Waals surface area contributed by atoms with Crippen molar-refractivity contribution in [1.82, 2.24) is 10.2 Å². The Kier molecular flexibility index (Phi) is 7.02. The van der Waals surface area contributed by atoms with Crippen LogP contribution in [0.15, 0.2) is 24.3 Å². The lowest BCUT2D eigenvalue weighted by atomic mass is 10.0. The number of likely N-dealkylation sites (tertiary alicyclic amines) is 1. The van der Waals surface area contributed by atoms with Crippen molar-refractivity contribution >= 4 is 5.91 Å². The quantitative estimate of drug-likeness (QED) is 0.764. The summed E-state index contributed by atoms with van der Waals surface area (Å²) in [6.07, 6.45) is 2.57. The summed E-state index contributed by atoms with van der Waals surface area (Å²) in [5.74, 6) is -0.00129. The minimum Gasteiger partial charge on any atom is -0.380 e. The maximum atomic E-state index is 12.1. The highest BCUT2D eigenvalue weighted by molar-refractivity contribution is 5.76. The Bertz CT molecular complexity index is 480. The predicted molar refractivity (Wildman–Crippen MR) is 92.2 cm³/mol. The van der Waals surface area contributed by atoms with Crippen LogP contribution in [-0.2, 0) is 9.53 Å². The Morgan fingerprint density at radius 1 is 1.30 bits per heavy atom. The van der Waals surface area contributed by atoms with Crippen molar-refractivity contribution < 1.29 is 9.53 Å². The molecule has 2 atom stereocenters. The maximum absolute atomic E-state index is 12.1. The van der Waals surface area contributed by atoms with Gasteiger partial charge >= 0.3 is 0 Å². The normalized spacial score (nSPS) is 17.9.